The van der Waals surface area contributed by atoms with Crippen LogP contribution in [-0.4, -0.2) is 17.6 Å². The number of nitrogens with zero attached hydrogens (tertiary/aromatic N) is 1. The second-order valence-corrected chi connectivity index (χ2v) is 2.77. The summed E-state index contributed by atoms with van der Waals surface area (Å²) in [5, 5.41) is 10.9. The van der Waals surface area contributed by atoms with Gasteiger partial charge >= 0.3 is 0 Å². The first kappa shape index (κ1) is 11.2. The Kier molecular flexibility index (Phi) is 3.84. The Morgan fingerprint density at radius 2 is 2.13 bits per heavy atom. The van der Waals surface area contributed by atoms with Crippen molar-refractivity contribution >= 4 is 5.84 Å². The third-order valence-electron chi connectivity index (χ3n) is 1.65. The zero-order chi connectivity index (χ0) is 11.3. The molecular formula is C9H10F2N2O2. The van der Waals surface area contributed by atoms with E-state index in [2.05, 4.69) is 5.16 Å². The van der Waals surface area contributed by atoms with Crippen molar-refractivity contribution in [3.05, 3.63) is 29.8 Å². The Balaban J connectivity index is 2.48. The van der Waals surface area contributed by atoms with Gasteiger partial charge in [-0.2, -0.15) is 0 Å². The first-order valence-electron chi connectivity index (χ1n) is 4.17. The molecule has 0 radical (unpaired) electrons. The van der Waals surface area contributed by atoms with Crippen LogP contribution in [0.4, 0.5) is 8.78 Å². The standard InChI is InChI=1S/C9H10F2N2O2/c10-7-2-1-6(5-8(7)11)15-4-3-9(12)13-14/h1-2,5,14H,3-4H2,(H2,12,13). The zero-order valence-corrected chi connectivity index (χ0v) is 7.78. The Morgan fingerprint density at radius 3 is 2.73 bits per heavy atom. The molecule has 1 aromatic carbocycles. The van der Waals surface area contributed by atoms with Crippen molar-refractivity contribution in [2.24, 2.45) is 10.9 Å². The van der Waals surface area contributed by atoms with Gasteiger partial charge in [-0.1, -0.05) is 5.16 Å². The number of hydrogen-bond donors (Lipinski definition) is 2. The van der Waals surface area contributed by atoms with Crippen LogP contribution in [0.3, 0.4) is 0 Å². The summed E-state index contributed by atoms with van der Waals surface area (Å²) in [5.74, 6) is -1.70. The molecule has 0 amide bonds. The molecule has 0 aliphatic heterocycles. The third-order valence-corrected chi connectivity index (χ3v) is 1.65. The van der Waals surface area contributed by atoms with Crippen LogP contribution >= 0.6 is 0 Å². The molecule has 3 N–H and O–H groups in total. The maximum atomic E-state index is 12.7. The number of halogens is 2. The molecule has 0 heterocycles. The number of hydrogen-bond acceptors (Lipinski definition) is 3. The topological polar surface area (TPSA) is 67.8 Å². The fourth-order valence-corrected chi connectivity index (χ4v) is 0.890. The van der Waals surface area contributed by atoms with Gasteiger partial charge < -0.3 is 15.7 Å². The van der Waals surface area contributed by atoms with E-state index in [1.807, 2.05) is 0 Å². The SMILES string of the molecule is N/C(CCOc1ccc(F)c(F)c1)=N\O. The lowest BCUT2D eigenvalue weighted by molar-refractivity contribution is 0.304. The Bertz CT molecular complexity index is 369. The molecule has 0 atom stereocenters. The predicted octanol–water partition coefficient (Wildman–Crippen LogP) is 1.48. The molecule has 0 aliphatic carbocycles. The molecule has 0 bridgehead atoms. The minimum atomic E-state index is -0.976. The van der Waals surface area contributed by atoms with Crippen LogP contribution in [0.15, 0.2) is 23.4 Å². The number of rotatable bonds is 4. The van der Waals surface area contributed by atoms with Gasteiger partial charge in [-0.3, -0.25) is 0 Å². The minimum absolute atomic E-state index is 0.0117. The van der Waals surface area contributed by atoms with E-state index < -0.39 is 11.6 Å². The summed E-state index contributed by atoms with van der Waals surface area (Å²) in [7, 11) is 0. The van der Waals surface area contributed by atoms with Crippen LogP contribution in [0.1, 0.15) is 6.42 Å². The monoisotopic (exact) mass is 216 g/mol. The lowest BCUT2D eigenvalue weighted by Crippen LogP contribution is -2.15. The fourth-order valence-electron chi connectivity index (χ4n) is 0.890. The number of ether oxygens (including phenoxy) is 1. The average Bonchev–Trinajstić information content (AvgIpc) is 2.23. The second kappa shape index (κ2) is 5.14. The van der Waals surface area contributed by atoms with E-state index in [1.54, 1.807) is 0 Å². The lowest BCUT2D eigenvalue weighted by Gasteiger charge is -2.05. The van der Waals surface area contributed by atoms with E-state index in [1.165, 1.54) is 6.07 Å². The van der Waals surface area contributed by atoms with Gasteiger partial charge in [0, 0.05) is 12.5 Å². The van der Waals surface area contributed by atoms with Gasteiger partial charge in [0.15, 0.2) is 11.6 Å². The lowest BCUT2D eigenvalue weighted by atomic mass is 10.3. The average molecular weight is 216 g/mol. The van der Waals surface area contributed by atoms with Gasteiger partial charge in [-0.15, -0.1) is 0 Å². The van der Waals surface area contributed by atoms with Crippen molar-refractivity contribution in [2.75, 3.05) is 6.61 Å². The fraction of sp³-hybridized carbons (Fsp3) is 0.222. The van der Waals surface area contributed by atoms with Crippen LogP contribution in [0, 0.1) is 11.6 Å². The van der Waals surface area contributed by atoms with Gasteiger partial charge in [0.05, 0.1) is 6.61 Å². The summed E-state index contributed by atoms with van der Waals surface area (Å²) in [4.78, 5) is 0. The Hall–Kier alpha value is -1.85. The van der Waals surface area contributed by atoms with Crippen LogP contribution in [0.25, 0.3) is 0 Å². The summed E-state index contributed by atoms with van der Waals surface area (Å²) >= 11 is 0. The van der Waals surface area contributed by atoms with Gasteiger partial charge in [0.2, 0.25) is 0 Å². The van der Waals surface area contributed by atoms with E-state index in [9.17, 15) is 8.78 Å². The Labute approximate surface area is 85.0 Å². The predicted molar refractivity (Wildman–Crippen MR) is 49.9 cm³/mol. The molecule has 0 aromatic heterocycles. The maximum Gasteiger partial charge on any atom is 0.162 e. The molecule has 1 rings (SSSR count). The molecule has 0 unspecified atom stereocenters. The van der Waals surface area contributed by atoms with Crippen molar-refractivity contribution in [2.45, 2.75) is 6.42 Å². The summed E-state index contributed by atoms with van der Waals surface area (Å²) in [6.45, 7) is 0.126. The number of oxime groups is 1. The van der Waals surface area contributed by atoms with E-state index in [4.69, 9.17) is 15.7 Å². The molecule has 1 aromatic rings. The van der Waals surface area contributed by atoms with Crippen LogP contribution in [-0.2, 0) is 0 Å². The molecule has 82 valence electrons. The minimum Gasteiger partial charge on any atom is -0.493 e. The normalized spacial score (nSPS) is 11.5. The zero-order valence-electron chi connectivity index (χ0n) is 7.78. The molecule has 4 nitrogen and oxygen atoms in total. The number of benzene rings is 1. The number of nitrogens with two attached hydrogens (primary N) is 1. The van der Waals surface area contributed by atoms with Gasteiger partial charge in [0.1, 0.15) is 11.6 Å². The van der Waals surface area contributed by atoms with Crippen molar-refractivity contribution in [1.29, 1.82) is 0 Å². The van der Waals surface area contributed by atoms with Crippen molar-refractivity contribution in [3.8, 4) is 5.75 Å². The highest BCUT2D eigenvalue weighted by molar-refractivity contribution is 5.79. The molecule has 0 aliphatic rings. The first-order valence-corrected chi connectivity index (χ1v) is 4.17. The van der Waals surface area contributed by atoms with E-state index in [-0.39, 0.29) is 24.6 Å². The highest BCUT2D eigenvalue weighted by Gasteiger charge is 2.03. The van der Waals surface area contributed by atoms with Crippen LogP contribution in [0.5, 0.6) is 5.75 Å². The molecular weight excluding hydrogens is 206 g/mol. The maximum absolute atomic E-state index is 12.7. The first-order chi connectivity index (χ1) is 7.13. The molecule has 6 heteroatoms. The third kappa shape index (κ3) is 3.41. The molecule has 0 spiro atoms. The van der Waals surface area contributed by atoms with E-state index >= 15 is 0 Å². The van der Waals surface area contributed by atoms with Crippen molar-refractivity contribution in [3.63, 3.8) is 0 Å². The quantitative estimate of drug-likeness (QED) is 0.346. The molecule has 0 saturated carbocycles. The smallest absolute Gasteiger partial charge is 0.162 e. The summed E-state index contributed by atoms with van der Waals surface area (Å²) in [6.07, 6.45) is 0.204. The second-order valence-electron chi connectivity index (χ2n) is 2.77. The van der Waals surface area contributed by atoms with Crippen molar-refractivity contribution < 1.29 is 18.7 Å². The summed E-state index contributed by atoms with van der Waals surface area (Å²) in [6, 6.07) is 3.19. The highest BCUT2D eigenvalue weighted by Crippen LogP contribution is 2.15. The van der Waals surface area contributed by atoms with Gasteiger partial charge in [-0.25, -0.2) is 8.78 Å². The molecule has 0 saturated heterocycles. The molecule has 15 heavy (non-hydrogen) atoms. The van der Waals surface area contributed by atoms with E-state index in [0.717, 1.165) is 12.1 Å². The van der Waals surface area contributed by atoms with Crippen molar-refractivity contribution in [1.82, 2.24) is 0 Å². The molecule has 0 fully saturated rings. The number of amidine groups is 1. The van der Waals surface area contributed by atoms with Crippen LogP contribution in [0.2, 0.25) is 0 Å². The summed E-state index contributed by atoms with van der Waals surface area (Å²) < 4.78 is 30.2. The largest absolute Gasteiger partial charge is 0.493 e. The van der Waals surface area contributed by atoms with Gasteiger partial charge in [0.25, 0.3) is 0 Å². The highest BCUT2D eigenvalue weighted by atomic mass is 19.2. The van der Waals surface area contributed by atoms with Crippen LogP contribution < -0.4 is 10.5 Å². The summed E-state index contributed by atoms with van der Waals surface area (Å²) in [5.41, 5.74) is 5.18. The van der Waals surface area contributed by atoms with Gasteiger partial charge in [-0.05, 0) is 12.1 Å². The Morgan fingerprint density at radius 1 is 1.40 bits per heavy atom. The van der Waals surface area contributed by atoms with E-state index in [0.29, 0.717) is 0 Å².